The highest BCUT2D eigenvalue weighted by molar-refractivity contribution is 5.51. The Kier molecular flexibility index (Phi) is 3.03. The zero-order valence-electron chi connectivity index (χ0n) is 11.4. The van der Waals surface area contributed by atoms with E-state index in [2.05, 4.69) is 16.0 Å². The molecule has 0 fully saturated rings. The molecule has 0 bridgehead atoms. The summed E-state index contributed by atoms with van der Waals surface area (Å²) in [4.78, 5) is 6.80. The summed E-state index contributed by atoms with van der Waals surface area (Å²) in [7, 11) is 0. The molecule has 0 saturated heterocycles. The van der Waals surface area contributed by atoms with Crippen LogP contribution in [0, 0.1) is 13.8 Å². The predicted octanol–water partition coefficient (Wildman–Crippen LogP) is 2.43. The standard InChI is InChI=1S/C15H19N3O/c1-10-11(2)19-15(17-10)9-18-7-6-13-12(8-18)4-3-5-14(13)16/h3-5H,6-9,16H2,1-2H3. The lowest BCUT2D eigenvalue weighted by molar-refractivity contribution is 0.220. The molecule has 1 aliphatic heterocycles. The first-order valence-electron chi connectivity index (χ1n) is 6.65. The third-order valence-corrected chi connectivity index (χ3v) is 3.81. The number of hydrogen-bond donors (Lipinski definition) is 1. The lowest BCUT2D eigenvalue weighted by atomic mass is 9.98. The van der Waals surface area contributed by atoms with E-state index in [0.29, 0.717) is 0 Å². The van der Waals surface area contributed by atoms with Crippen molar-refractivity contribution < 1.29 is 4.42 Å². The van der Waals surface area contributed by atoms with Gasteiger partial charge < -0.3 is 10.2 Å². The van der Waals surface area contributed by atoms with E-state index in [1.54, 1.807) is 0 Å². The van der Waals surface area contributed by atoms with E-state index in [4.69, 9.17) is 10.2 Å². The number of nitrogens with zero attached hydrogens (tertiary/aromatic N) is 2. The molecular weight excluding hydrogens is 238 g/mol. The summed E-state index contributed by atoms with van der Waals surface area (Å²) in [5.41, 5.74) is 10.5. The number of hydrogen-bond acceptors (Lipinski definition) is 4. The number of rotatable bonds is 2. The minimum absolute atomic E-state index is 0.767. The Labute approximate surface area is 113 Å². The maximum atomic E-state index is 6.01. The van der Waals surface area contributed by atoms with Crippen LogP contribution in [0.4, 0.5) is 5.69 Å². The topological polar surface area (TPSA) is 55.3 Å². The molecule has 2 N–H and O–H groups in total. The van der Waals surface area contributed by atoms with Crippen LogP contribution in [0.15, 0.2) is 22.6 Å². The van der Waals surface area contributed by atoms with Crippen LogP contribution in [0.3, 0.4) is 0 Å². The molecule has 3 rings (SSSR count). The Hall–Kier alpha value is -1.81. The number of nitrogens with two attached hydrogens (primary N) is 1. The average molecular weight is 257 g/mol. The number of aromatic nitrogens is 1. The quantitative estimate of drug-likeness (QED) is 0.839. The van der Waals surface area contributed by atoms with Crippen molar-refractivity contribution in [1.29, 1.82) is 0 Å². The minimum Gasteiger partial charge on any atom is -0.444 e. The third kappa shape index (κ3) is 2.36. The van der Waals surface area contributed by atoms with Crippen LogP contribution in [0.5, 0.6) is 0 Å². The molecule has 19 heavy (non-hydrogen) atoms. The van der Waals surface area contributed by atoms with Gasteiger partial charge in [-0.3, -0.25) is 4.90 Å². The molecule has 0 aliphatic carbocycles. The van der Waals surface area contributed by atoms with Crippen molar-refractivity contribution in [1.82, 2.24) is 9.88 Å². The van der Waals surface area contributed by atoms with Gasteiger partial charge >= 0.3 is 0 Å². The Morgan fingerprint density at radius 1 is 1.37 bits per heavy atom. The van der Waals surface area contributed by atoms with Gasteiger partial charge in [0, 0.05) is 18.8 Å². The van der Waals surface area contributed by atoms with Crippen molar-refractivity contribution in [2.24, 2.45) is 0 Å². The average Bonchev–Trinajstić information content (AvgIpc) is 2.68. The summed E-state index contributed by atoms with van der Waals surface area (Å²) in [5.74, 6) is 1.72. The Bertz CT molecular complexity index is 584. The van der Waals surface area contributed by atoms with Crippen LogP contribution in [0.25, 0.3) is 0 Å². The summed E-state index contributed by atoms with van der Waals surface area (Å²) >= 11 is 0. The molecule has 0 saturated carbocycles. The Morgan fingerprint density at radius 3 is 2.95 bits per heavy atom. The van der Waals surface area contributed by atoms with Crippen molar-refractivity contribution in [3.63, 3.8) is 0 Å². The third-order valence-electron chi connectivity index (χ3n) is 3.81. The fraction of sp³-hybridized carbons (Fsp3) is 0.400. The van der Waals surface area contributed by atoms with Crippen molar-refractivity contribution in [3.8, 4) is 0 Å². The molecule has 1 aliphatic rings. The summed E-state index contributed by atoms with van der Waals surface area (Å²) in [5, 5.41) is 0. The second-order valence-corrected chi connectivity index (χ2v) is 5.19. The van der Waals surface area contributed by atoms with E-state index in [1.165, 1.54) is 11.1 Å². The number of nitrogen functional groups attached to an aromatic ring is 1. The van der Waals surface area contributed by atoms with Crippen LogP contribution in [0.2, 0.25) is 0 Å². The van der Waals surface area contributed by atoms with E-state index in [-0.39, 0.29) is 0 Å². The number of benzene rings is 1. The van der Waals surface area contributed by atoms with Gasteiger partial charge in [0.2, 0.25) is 5.89 Å². The maximum Gasteiger partial charge on any atom is 0.208 e. The summed E-state index contributed by atoms with van der Waals surface area (Å²) < 4.78 is 5.65. The Balaban J connectivity index is 1.75. The van der Waals surface area contributed by atoms with E-state index in [0.717, 1.165) is 49.1 Å². The van der Waals surface area contributed by atoms with Crippen LogP contribution < -0.4 is 5.73 Å². The molecule has 4 heteroatoms. The van der Waals surface area contributed by atoms with Gasteiger partial charge in [0.1, 0.15) is 5.76 Å². The molecule has 0 unspecified atom stereocenters. The zero-order chi connectivity index (χ0) is 13.4. The molecule has 0 radical (unpaired) electrons. The van der Waals surface area contributed by atoms with Gasteiger partial charge in [0.25, 0.3) is 0 Å². The van der Waals surface area contributed by atoms with Gasteiger partial charge in [-0.15, -0.1) is 0 Å². The number of aryl methyl sites for hydroxylation is 2. The van der Waals surface area contributed by atoms with Crippen LogP contribution in [-0.4, -0.2) is 16.4 Å². The summed E-state index contributed by atoms with van der Waals surface area (Å²) in [6.45, 7) is 6.62. The molecule has 4 nitrogen and oxygen atoms in total. The SMILES string of the molecule is Cc1nc(CN2CCc3c(N)cccc3C2)oc1C. The highest BCUT2D eigenvalue weighted by Gasteiger charge is 2.19. The van der Waals surface area contributed by atoms with Crippen molar-refractivity contribution in [3.05, 3.63) is 46.7 Å². The summed E-state index contributed by atoms with van der Waals surface area (Å²) in [6, 6.07) is 6.16. The van der Waals surface area contributed by atoms with E-state index < -0.39 is 0 Å². The molecule has 2 aromatic rings. The number of fused-ring (bicyclic) bond motifs is 1. The largest absolute Gasteiger partial charge is 0.444 e. The maximum absolute atomic E-state index is 6.01. The van der Waals surface area contributed by atoms with Crippen molar-refractivity contribution in [2.75, 3.05) is 12.3 Å². The van der Waals surface area contributed by atoms with E-state index >= 15 is 0 Å². The van der Waals surface area contributed by atoms with Crippen LogP contribution >= 0.6 is 0 Å². The highest BCUT2D eigenvalue weighted by Crippen LogP contribution is 2.25. The molecule has 0 atom stereocenters. The van der Waals surface area contributed by atoms with Gasteiger partial charge in [-0.05, 0) is 37.5 Å². The Morgan fingerprint density at radius 2 is 2.21 bits per heavy atom. The highest BCUT2D eigenvalue weighted by atomic mass is 16.4. The molecular formula is C15H19N3O. The van der Waals surface area contributed by atoms with Crippen LogP contribution in [0.1, 0.15) is 28.5 Å². The summed E-state index contributed by atoms with van der Waals surface area (Å²) in [6.07, 6.45) is 1.00. The van der Waals surface area contributed by atoms with Gasteiger partial charge in [-0.1, -0.05) is 12.1 Å². The lowest BCUT2D eigenvalue weighted by Gasteiger charge is -2.28. The first-order chi connectivity index (χ1) is 9.13. The fourth-order valence-electron chi connectivity index (χ4n) is 2.63. The van der Waals surface area contributed by atoms with Gasteiger partial charge in [0.15, 0.2) is 0 Å². The second-order valence-electron chi connectivity index (χ2n) is 5.19. The fourth-order valence-corrected chi connectivity index (χ4v) is 2.63. The smallest absolute Gasteiger partial charge is 0.208 e. The normalized spacial score (nSPS) is 15.5. The number of anilines is 1. The zero-order valence-corrected chi connectivity index (χ0v) is 11.4. The molecule has 1 aromatic carbocycles. The minimum atomic E-state index is 0.767. The van der Waals surface area contributed by atoms with Gasteiger partial charge in [-0.25, -0.2) is 4.98 Å². The van der Waals surface area contributed by atoms with Gasteiger partial charge in [0.05, 0.1) is 12.2 Å². The molecule has 0 amide bonds. The second kappa shape index (κ2) is 4.70. The first-order valence-corrected chi connectivity index (χ1v) is 6.65. The monoisotopic (exact) mass is 257 g/mol. The molecule has 2 heterocycles. The van der Waals surface area contributed by atoms with E-state index in [1.807, 2.05) is 26.0 Å². The predicted molar refractivity (Wildman–Crippen MR) is 74.6 cm³/mol. The van der Waals surface area contributed by atoms with Crippen LogP contribution in [-0.2, 0) is 19.5 Å². The van der Waals surface area contributed by atoms with Gasteiger partial charge in [-0.2, -0.15) is 0 Å². The van der Waals surface area contributed by atoms with E-state index in [9.17, 15) is 0 Å². The molecule has 0 spiro atoms. The van der Waals surface area contributed by atoms with Crippen molar-refractivity contribution in [2.45, 2.75) is 33.4 Å². The molecule has 100 valence electrons. The first kappa shape index (κ1) is 12.2. The van der Waals surface area contributed by atoms with Crippen molar-refractivity contribution >= 4 is 5.69 Å². The lowest BCUT2D eigenvalue weighted by Crippen LogP contribution is -2.30. The number of oxazole rings is 1. The molecule has 1 aromatic heterocycles.